The standard InChI is InChI=1S/C24H24N4O3S2/c1-2-31-17-10-8-16(9-11-17)18(29)15-28-23(30)21-22(20(26-28)19-7-6-14-32-19)33-24(25-21)27-12-4-3-5-13-27/h6-11,14H,2-5,12-13,15H2,1H3. The van der Waals surface area contributed by atoms with Crippen LogP contribution < -0.4 is 15.2 Å². The number of anilines is 1. The minimum absolute atomic E-state index is 0.141. The Balaban J connectivity index is 1.53. The maximum Gasteiger partial charge on any atom is 0.294 e. The number of thiophene rings is 1. The number of aromatic nitrogens is 3. The molecule has 0 aliphatic carbocycles. The van der Waals surface area contributed by atoms with Gasteiger partial charge in [-0.15, -0.1) is 11.3 Å². The number of carbonyl (C=O) groups excluding carboxylic acids is 1. The lowest BCUT2D eigenvalue weighted by Crippen LogP contribution is -2.29. The van der Waals surface area contributed by atoms with Crippen LogP contribution >= 0.6 is 22.7 Å². The fourth-order valence-electron chi connectivity index (χ4n) is 3.98. The molecule has 1 saturated heterocycles. The molecule has 0 bridgehead atoms. The lowest BCUT2D eigenvalue weighted by atomic mass is 10.1. The van der Waals surface area contributed by atoms with Gasteiger partial charge in [-0.25, -0.2) is 9.67 Å². The van der Waals surface area contributed by atoms with Crippen LogP contribution in [-0.4, -0.2) is 40.2 Å². The van der Waals surface area contributed by atoms with Gasteiger partial charge in [0, 0.05) is 18.7 Å². The van der Waals surface area contributed by atoms with Gasteiger partial charge in [-0.1, -0.05) is 17.4 Å². The molecule has 3 aromatic heterocycles. The van der Waals surface area contributed by atoms with Crippen molar-refractivity contribution in [3.63, 3.8) is 0 Å². The normalized spacial score (nSPS) is 14.0. The van der Waals surface area contributed by atoms with E-state index in [0.29, 0.717) is 29.1 Å². The van der Waals surface area contributed by atoms with Crippen LogP contribution in [0.1, 0.15) is 36.5 Å². The van der Waals surface area contributed by atoms with Gasteiger partial charge in [0.15, 0.2) is 16.4 Å². The lowest BCUT2D eigenvalue weighted by Gasteiger charge is -2.25. The van der Waals surface area contributed by atoms with Gasteiger partial charge in [-0.3, -0.25) is 9.59 Å². The largest absolute Gasteiger partial charge is 0.494 e. The number of benzene rings is 1. The second-order valence-electron chi connectivity index (χ2n) is 7.89. The molecule has 1 aliphatic rings. The Bertz CT molecular complexity index is 1320. The van der Waals surface area contributed by atoms with Crippen molar-refractivity contribution in [1.82, 2.24) is 14.8 Å². The van der Waals surface area contributed by atoms with Crippen LogP contribution in [0.2, 0.25) is 0 Å². The fourth-order valence-corrected chi connectivity index (χ4v) is 5.87. The molecule has 0 spiro atoms. The fraction of sp³-hybridized carbons (Fsp3) is 0.333. The molecule has 1 aliphatic heterocycles. The average molecular weight is 481 g/mol. The van der Waals surface area contributed by atoms with Gasteiger partial charge >= 0.3 is 0 Å². The Kier molecular flexibility index (Phi) is 6.24. The predicted octanol–water partition coefficient (Wildman–Crippen LogP) is 4.85. The van der Waals surface area contributed by atoms with Crippen LogP contribution in [0.15, 0.2) is 46.6 Å². The summed E-state index contributed by atoms with van der Waals surface area (Å²) in [6.45, 7) is 4.23. The monoisotopic (exact) mass is 480 g/mol. The van der Waals surface area contributed by atoms with Gasteiger partial charge in [0.05, 0.1) is 16.2 Å². The number of ether oxygens (including phenoxy) is 1. The molecule has 9 heteroatoms. The summed E-state index contributed by atoms with van der Waals surface area (Å²) in [4.78, 5) is 34.2. The van der Waals surface area contributed by atoms with E-state index in [0.717, 1.165) is 40.6 Å². The van der Waals surface area contributed by atoms with Gasteiger partial charge in [-0.2, -0.15) is 5.10 Å². The second-order valence-corrected chi connectivity index (χ2v) is 9.82. The third kappa shape index (κ3) is 4.43. The number of rotatable bonds is 7. The third-order valence-electron chi connectivity index (χ3n) is 5.65. The number of nitrogens with zero attached hydrogens (tertiary/aromatic N) is 4. The van der Waals surface area contributed by atoms with Gasteiger partial charge in [0.2, 0.25) is 0 Å². The summed E-state index contributed by atoms with van der Waals surface area (Å²) in [5.74, 6) is 0.522. The summed E-state index contributed by atoms with van der Waals surface area (Å²) in [5.41, 5.74) is 1.28. The van der Waals surface area contributed by atoms with E-state index in [4.69, 9.17) is 9.72 Å². The molecule has 4 heterocycles. The average Bonchev–Trinajstić information content (AvgIpc) is 3.53. The number of fused-ring (bicyclic) bond motifs is 1. The summed E-state index contributed by atoms with van der Waals surface area (Å²) in [5, 5.41) is 7.48. The van der Waals surface area contributed by atoms with E-state index >= 15 is 0 Å². The van der Waals surface area contributed by atoms with Crippen LogP contribution in [-0.2, 0) is 6.54 Å². The van der Waals surface area contributed by atoms with Crippen molar-refractivity contribution in [3.05, 3.63) is 57.7 Å². The highest BCUT2D eigenvalue weighted by Gasteiger charge is 2.22. The smallest absolute Gasteiger partial charge is 0.294 e. The SMILES string of the molecule is CCOc1ccc(C(=O)Cn2nc(-c3cccs3)c3sc(N4CCCCC4)nc3c2=O)cc1. The highest BCUT2D eigenvalue weighted by atomic mass is 32.1. The van der Waals surface area contributed by atoms with E-state index in [1.807, 2.05) is 24.4 Å². The molecule has 170 valence electrons. The third-order valence-corrected chi connectivity index (χ3v) is 7.65. The van der Waals surface area contributed by atoms with Crippen molar-refractivity contribution >= 4 is 43.8 Å². The molecule has 5 rings (SSSR count). The first-order chi connectivity index (χ1) is 16.1. The van der Waals surface area contributed by atoms with E-state index in [-0.39, 0.29) is 17.9 Å². The molecule has 1 aromatic carbocycles. The minimum Gasteiger partial charge on any atom is -0.494 e. The van der Waals surface area contributed by atoms with Crippen LogP contribution in [0, 0.1) is 0 Å². The number of thiazole rings is 1. The quantitative estimate of drug-likeness (QED) is 0.352. The number of ketones is 1. The zero-order valence-corrected chi connectivity index (χ0v) is 20.0. The molecule has 0 amide bonds. The first-order valence-electron chi connectivity index (χ1n) is 11.1. The molecule has 1 fully saturated rings. The summed E-state index contributed by atoms with van der Waals surface area (Å²) in [6, 6.07) is 10.9. The van der Waals surface area contributed by atoms with Gasteiger partial charge < -0.3 is 9.64 Å². The second kappa shape index (κ2) is 9.44. The molecule has 0 radical (unpaired) electrons. The topological polar surface area (TPSA) is 77.3 Å². The van der Waals surface area contributed by atoms with E-state index in [1.54, 1.807) is 35.6 Å². The maximum absolute atomic E-state index is 13.3. The Morgan fingerprint density at radius 1 is 1.12 bits per heavy atom. The van der Waals surface area contributed by atoms with Crippen molar-refractivity contribution in [2.45, 2.75) is 32.7 Å². The summed E-state index contributed by atoms with van der Waals surface area (Å²) in [7, 11) is 0. The summed E-state index contributed by atoms with van der Waals surface area (Å²) >= 11 is 3.08. The summed E-state index contributed by atoms with van der Waals surface area (Å²) < 4.78 is 7.49. The van der Waals surface area contributed by atoms with E-state index in [2.05, 4.69) is 10.00 Å². The molecule has 7 nitrogen and oxygen atoms in total. The Hall–Kier alpha value is -3.04. The van der Waals surface area contributed by atoms with Crippen LogP contribution in [0.5, 0.6) is 5.75 Å². The molecular weight excluding hydrogens is 456 g/mol. The van der Waals surface area contributed by atoms with Crippen LogP contribution in [0.25, 0.3) is 20.8 Å². The first-order valence-corrected chi connectivity index (χ1v) is 12.8. The Labute approximate surface area is 199 Å². The van der Waals surface area contributed by atoms with E-state index in [9.17, 15) is 9.59 Å². The van der Waals surface area contributed by atoms with Gasteiger partial charge in [0.25, 0.3) is 5.56 Å². The van der Waals surface area contributed by atoms with Crippen LogP contribution in [0.4, 0.5) is 5.13 Å². The van der Waals surface area contributed by atoms with E-state index < -0.39 is 0 Å². The zero-order chi connectivity index (χ0) is 22.8. The number of hydrogen-bond acceptors (Lipinski definition) is 8. The maximum atomic E-state index is 13.3. The number of piperidine rings is 1. The Morgan fingerprint density at radius 2 is 1.91 bits per heavy atom. The minimum atomic E-state index is -0.330. The number of carbonyl (C=O) groups is 1. The van der Waals surface area contributed by atoms with Crippen LogP contribution in [0.3, 0.4) is 0 Å². The predicted molar refractivity (Wildman–Crippen MR) is 133 cm³/mol. The van der Waals surface area contributed by atoms with Crippen molar-refractivity contribution < 1.29 is 9.53 Å². The molecule has 0 unspecified atom stereocenters. The highest BCUT2D eigenvalue weighted by Crippen LogP contribution is 2.36. The van der Waals surface area contributed by atoms with Gasteiger partial charge in [-0.05, 0) is 61.9 Å². The molecule has 0 atom stereocenters. The first kappa shape index (κ1) is 21.8. The summed E-state index contributed by atoms with van der Waals surface area (Å²) in [6.07, 6.45) is 3.49. The number of hydrogen-bond donors (Lipinski definition) is 0. The van der Waals surface area contributed by atoms with Crippen molar-refractivity contribution in [1.29, 1.82) is 0 Å². The zero-order valence-electron chi connectivity index (χ0n) is 18.3. The Morgan fingerprint density at radius 3 is 2.61 bits per heavy atom. The van der Waals surface area contributed by atoms with E-state index in [1.165, 1.54) is 22.4 Å². The molecule has 33 heavy (non-hydrogen) atoms. The lowest BCUT2D eigenvalue weighted by molar-refractivity contribution is 0.0966. The molecular formula is C24H24N4O3S2. The van der Waals surface area contributed by atoms with Gasteiger partial charge in [0.1, 0.15) is 18.0 Å². The van der Waals surface area contributed by atoms with Crippen molar-refractivity contribution in [2.24, 2.45) is 0 Å². The molecule has 0 saturated carbocycles. The van der Waals surface area contributed by atoms with Crippen molar-refractivity contribution in [3.8, 4) is 16.3 Å². The highest BCUT2D eigenvalue weighted by molar-refractivity contribution is 7.23. The molecule has 0 N–H and O–H groups in total. The van der Waals surface area contributed by atoms with Crippen molar-refractivity contribution in [2.75, 3.05) is 24.6 Å². The number of Topliss-reactive ketones (excluding diaryl/α,β-unsaturated/α-hetero) is 1. The molecule has 4 aromatic rings.